The Morgan fingerprint density at radius 2 is 1.87 bits per heavy atom. The Kier molecular flexibility index (Phi) is 8.43. The summed E-state index contributed by atoms with van der Waals surface area (Å²) in [5.41, 5.74) is 16.4. The summed E-state index contributed by atoms with van der Waals surface area (Å²) < 4.78 is 37.9. The molecule has 10 atom stereocenters. The summed E-state index contributed by atoms with van der Waals surface area (Å²) >= 11 is 0. The van der Waals surface area contributed by atoms with E-state index < -0.39 is 86.0 Å². The summed E-state index contributed by atoms with van der Waals surface area (Å²) in [7, 11) is 0. The minimum atomic E-state index is -3.88. The molecule has 176 valence electrons. The van der Waals surface area contributed by atoms with Gasteiger partial charge < -0.3 is 57.5 Å². The van der Waals surface area contributed by atoms with E-state index in [1.165, 1.54) is 0 Å². The number of aliphatic hydroxyl groups is 5. The Bertz CT molecular complexity index is 589. The van der Waals surface area contributed by atoms with Crippen LogP contribution in [0.3, 0.4) is 0 Å². The molecule has 2 rings (SSSR count). The highest BCUT2D eigenvalue weighted by Gasteiger charge is 2.48. The van der Waals surface area contributed by atoms with Gasteiger partial charge in [-0.1, -0.05) is 0 Å². The number of ether oxygens (including phenoxy) is 2. The van der Waals surface area contributed by atoms with Gasteiger partial charge >= 0.3 is 0 Å². The van der Waals surface area contributed by atoms with Gasteiger partial charge in [-0.3, -0.25) is 4.79 Å². The predicted molar refractivity (Wildman–Crippen MR) is 95.8 cm³/mol. The standard InChI is InChI=1S/C16H30F2N4O8/c17-16(18,4-19)13(27)14(28)22-6-1-5(20)2-7(24)12(6)30-15-11(26)9(21)10(25)8(3-23)29-15/h5-13,15,23-27H,1-4,19-21H2,(H,22,28)/t5-,6+,7-,8+,9-,10+,11+,12-,13?,15+/m0/s1. The molecule has 1 unspecified atom stereocenters. The first-order valence-electron chi connectivity index (χ1n) is 9.46. The number of aliphatic hydroxyl groups excluding tert-OH is 5. The summed E-state index contributed by atoms with van der Waals surface area (Å²) in [6.07, 6.45) is -10.9. The van der Waals surface area contributed by atoms with E-state index in [2.05, 4.69) is 5.32 Å². The van der Waals surface area contributed by atoms with Crippen LogP contribution < -0.4 is 22.5 Å². The summed E-state index contributed by atoms with van der Waals surface area (Å²) in [5, 5.41) is 51.5. The normalized spacial score (nSPS) is 41.3. The lowest BCUT2D eigenvalue weighted by Crippen LogP contribution is -2.66. The van der Waals surface area contributed by atoms with Gasteiger partial charge in [0.15, 0.2) is 12.4 Å². The van der Waals surface area contributed by atoms with Crippen LogP contribution in [0.2, 0.25) is 0 Å². The van der Waals surface area contributed by atoms with Gasteiger partial charge in [0.25, 0.3) is 11.8 Å². The van der Waals surface area contributed by atoms with Crippen molar-refractivity contribution in [2.24, 2.45) is 17.2 Å². The molecule has 14 heteroatoms. The van der Waals surface area contributed by atoms with Crippen LogP contribution in [0.25, 0.3) is 0 Å². The van der Waals surface area contributed by atoms with Crippen LogP contribution in [0.1, 0.15) is 12.8 Å². The molecule has 0 aromatic heterocycles. The SMILES string of the molecule is NCC(F)(F)C(O)C(=O)N[C@@H]1C[C@H](N)C[C@H](O)[C@H]1O[C@H]1O[C@H](CO)[C@@H](O)[C@H](N)[C@H]1O. The van der Waals surface area contributed by atoms with E-state index in [-0.39, 0.29) is 12.8 Å². The topological polar surface area (TPSA) is 227 Å². The molecule has 1 saturated heterocycles. The molecule has 0 radical (unpaired) electrons. The Labute approximate surface area is 170 Å². The van der Waals surface area contributed by atoms with E-state index in [1.807, 2.05) is 0 Å². The van der Waals surface area contributed by atoms with Gasteiger partial charge in [0, 0.05) is 6.04 Å². The van der Waals surface area contributed by atoms with Gasteiger partial charge in [-0.2, -0.15) is 0 Å². The maximum Gasteiger partial charge on any atom is 0.294 e. The van der Waals surface area contributed by atoms with E-state index in [0.717, 1.165) is 0 Å². The zero-order valence-electron chi connectivity index (χ0n) is 16.1. The molecule has 1 saturated carbocycles. The highest BCUT2D eigenvalue weighted by Crippen LogP contribution is 2.28. The van der Waals surface area contributed by atoms with Crippen molar-refractivity contribution >= 4 is 5.91 Å². The zero-order chi connectivity index (χ0) is 22.8. The monoisotopic (exact) mass is 444 g/mol. The Morgan fingerprint density at radius 3 is 2.43 bits per heavy atom. The smallest absolute Gasteiger partial charge is 0.294 e. The lowest BCUT2D eigenvalue weighted by molar-refractivity contribution is -0.301. The minimum absolute atomic E-state index is 0.00466. The van der Waals surface area contributed by atoms with Crippen molar-refractivity contribution in [3.63, 3.8) is 0 Å². The predicted octanol–water partition coefficient (Wildman–Crippen LogP) is -4.94. The van der Waals surface area contributed by atoms with Gasteiger partial charge in [-0.25, -0.2) is 8.78 Å². The zero-order valence-corrected chi connectivity index (χ0v) is 16.1. The molecule has 1 amide bonds. The van der Waals surface area contributed by atoms with E-state index in [4.69, 9.17) is 26.7 Å². The van der Waals surface area contributed by atoms with Crippen LogP contribution >= 0.6 is 0 Å². The lowest BCUT2D eigenvalue weighted by Gasteiger charge is -2.45. The lowest BCUT2D eigenvalue weighted by atomic mass is 9.86. The number of carbonyl (C=O) groups is 1. The summed E-state index contributed by atoms with van der Waals surface area (Å²) in [6, 6.07) is -3.00. The molecule has 2 aliphatic rings. The molecule has 1 aliphatic heterocycles. The third kappa shape index (κ3) is 5.40. The maximum atomic E-state index is 13.5. The first kappa shape index (κ1) is 25.2. The van der Waals surface area contributed by atoms with Crippen molar-refractivity contribution in [1.82, 2.24) is 5.32 Å². The number of alkyl halides is 2. The number of nitrogens with two attached hydrogens (primary N) is 3. The average molecular weight is 444 g/mol. The van der Waals surface area contributed by atoms with Gasteiger partial charge in [-0.05, 0) is 12.8 Å². The number of hydrogen-bond donors (Lipinski definition) is 9. The molecule has 12 nitrogen and oxygen atoms in total. The molecule has 12 N–H and O–H groups in total. The highest BCUT2D eigenvalue weighted by molar-refractivity contribution is 5.82. The molecule has 30 heavy (non-hydrogen) atoms. The van der Waals surface area contributed by atoms with Crippen molar-refractivity contribution in [1.29, 1.82) is 0 Å². The summed E-state index contributed by atoms with van der Waals surface area (Å²) in [6.45, 7) is -1.90. The van der Waals surface area contributed by atoms with Crippen LogP contribution in [0.5, 0.6) is 0 Å². The Balaban J connectivity index is 2.15. The van der Waals surface area contributed by atoms with Crippen molar-refractivity contribution in [3.05, 3.63) is 0 Å². The molecule has 1 aliphatic carbocycles. The molecule has 0 bridgehead atoms. The molecule has 0 spiro atoms. The van der Waals surface area contributed by atoms with Gasteiger partial charge in [0.2, 0.25) is 0 Å². The molecule has 1 heterocycles. The Morgan fingerprint density at radius 1 is 1.23 bits per heavy atom. The van der Waals surface area contributed by atoms with E-state index >= 15 is 0 Å². The van der Waals surface area contributed by atoms with E-state index in [1.54, 1.807) is 0 Å². The molecular formula is C16H30F2N4O8. The molecular weight excluding hydrogens is 414 g/mol. The first-order chi connectivity index (χ1) is 13.9. The van der Waals surface area contributed by atoms with Crippen LogP contribution in [0.15, 0.2) is 0 Å². The maximum absolute atomic E-state index is 13.5. The number of carbonyl (C=O) groups excluding carboxylic acids is 1. The number of amides is 1. The Hall–Kier alpha value is -1.07. The summed E-state index contributed by atoms with van der Waals surface area (Å²) in [4.78, 5) is 12.1. The number of nitrogens with one attached hydrogen (secondary N) is 1. The summed E-state index contributed by atoms with van der Waals surface area (Å²) in [5.74, 6) is -5.33. The third-order valence-electron chi connectivity index (χ3n) is 5.35. The fourth-order valence-electron chi connectivity index (χ4n) is 3.54. The van der Waals surface area contributed by atoms with Crippen molar-refractivity contribution in [2.75, 3.05) is 13.2 Å². The molecule has 0 aromatic rings. The van der Waals surface area contributed by atoms with Crippen molar-refractivity contribution in [3.8, 4) is 0 Å². The minimum Gasteiger partial charge on any atom is -0.394 e. The second-order valence-electron chi connectivity index (χ2n) is 7.67. The second-order valence-corrected chi connectivity index (χ2v) is 7.67. The van der Waals surface area contributed by atoms with Crippen LogP contribution in [-0.4, -0.2) is 112 Å². The van der Waals surface area contributed by atoms with Crippen molar-refractivity contribution in [2.45, 2.75) is 79.8 Å². The average Bonchev–Trinajstić information content (AvgIpc) is 2.69. The van der Waals surface area contributed by atoms with E-state index in [0.29, 0.717) is 0 Å². The fraction of sp³-hybridized carbons (Fsp3) is 0.938. The largest absolute Gasteiger partial charge is 0.394 e. The van der Waals surface area contributed by atoms with Crippen LogP contribution in [-0.2, 0) is 14.3 Å². The first-order valence-corrected chi connectivity index (χ1v) is 9.46. The van der Waals surface area contributed by atoms with Gasteiger partial charge in [0.05, 0.1) is 31.3 Å². The molecule has 2 fully saturated rings. The number of hydrogen-bond acceptors (Lipinski definition) is 11. The fourth-order valence-corrected chi connectivity index (χ4v) is 3.54. The quantitative estimate of drug-likeness (QED) is 0.181. The number of halogens is 2. The van der Waals surface area contributed by atoms with Gasteiger partial charge in [0.1, 0.15) is 24.4 Å². The molecule has 0 aromatic carbocycles. The highest BCUT2D eigenvalue weighted by atomic mass is 19.3. The van der Waals surface area contributed by atoms with Gasteiger partial charge in [-0.15, -0.1) is 0 Å². The van der Waals surface area contributed by atoms with Crippen LogP contribution in [0, 0.1) is 0 Å². The van der Waals surface area contributed by atoms with E-state index in [9.17, 15) is 39.1 Å². The second kappa shape index (κ2) is 10.0. The van der Waals surface area contributed by atoms with Crippen molar-refractivity contribution < 1.29 is 48.6 Å². The third-order valence-corrected chi connectivity index (χ3v) is 5.35. The van der Waals surface area contributed by atoms with Crippen LogP contribution in [0.4, 0.5) is 8.78 Å². The number of rotatable bonds is 7.